The molecule has 1 aliphatic rings. The van der Waals surface area contributed by atoms with Gasteiger partial charge < -0.3 is 19.9 Å². The van der Waals surface area contributed by atoms with Gasteiger partial charge >= 0.3 is 5.97 Å². The van der Waals surface area contributed by atoms with Gasteiger partial charge in [-0.3, -0.25) is 4.79 Å². The normalized spacial score (nSPS) is 22.3. The maximum atomic E-state index is 13.6. The summed E-state index contributed by atoms with van der Waals surface area (Å²) in [6, 6.07) is 2.34. The van der Waals surface area contributed by atoms with Crippen LogP contribution in [0, 0.1) is 11.7 Å². The molecule has 0 amide bonds. The molecule has 1 saturated heterocycles. The first-order valence-corrected chi connectivity index (χ1v) is 5.94. The fourth-order valence-electron chi connectivity index (χ4n) is 2.38. The van der Waals surface area contributed by atoms with E-state index in [4.69, 9.17) is 14.6 Å². The number of rotatable bonds is 4. The summed E-state index contributed by atoms with van der Waals surface area (Å²) in [4.78, 5) is 11.0. The highest BCUT2D eigenvalue weighted by molar-refractivity contribution is 5.71. The number of hydrogen-bond donors (Lipinski definition) is 2. The molecule has 0 bridgehead atoms. The summed E-state index contributed by atoms with van der Waals surface area (Å²) in [5.41, 5.74) is 0.586. The topological polar surface area (TPSA) is 67.8 Å². The van der Waals surface area contributed by atoms with Crippen LogP contribution in [0.3, 0.4) is 0 Å². The number of methoxy groups -OCH3 is 2. The van der Waals surface area contributed by atoms with Crippen molar-refractivity contribution in [3.05, 3.63) is 23.5 Å². The van der Waals surface area contributed by atoms with E-state index < -0.39 is 17.7 Å². The monoisotopic (exact) mass is 269 g/mol. The van der Waals surface area contributed by atoms with E-state index in [9.17, 15) is 9.18 Å². The Morgan fingerprint density at radius 2 is 2.16 bits per heavy atom. The fourth-order valence-corrected chi connectivity index (χ4v) is 2.38. The van der Waals surface area contributed by atoms with Crippen molar-refractivity contribution in [2.75, 3.05) is 20.8 Å². The first kappa shape index (κ1) is 13.6. The molecule has 1 aromatic carbocycles. The van der Waals surface area contributed by atoms with Gasteiger partial charge in [-0.2, -0.15) is 0 Å². The van der Waals surface area contributed by atoms with E-state index in [1.54, 1.807) is 0 Å². The Bertz CT molecular complexity index is 492. The molecule has 0 saturated carbocycles. The molecule has 1 aromatic rings. The maximum absolute atomic E-state index is 13.6. The van der Waals surface area contributed by atoms with E-state index in [1.165, 1.54) is 26.4 Å². The molecule has 0 spiro atoms. The van der Waals surface area contributed by atoms with Crippen molar-refractivity contribution in [1.82, 2.24) is 5.32 Å². The van der Waals surface area contributed by atoms with Gasteiger partial charge in [0.15, 0.2) is 11.5 Å². The minimum atomic E-state index is -0.850. The van der Waals surface area contributed by atoms with E-state index >= 15 is 0 Å². The third kappa shape index (κ3) is 2.63. The minimum absolute atomic E-state index is 0.249. The van der Waals surface area contributed by atoms with Crippen LogP contribution in [0.1, 0.15) is 18.0 Å². The molecule has 0 aromatic heterocycles. The molecular formula is C13H16FNO4. The summed E-state index contributed by atoms with van der Waals surface area (Å²) < 4.78 is 23.9. The largest absolute Gasteiger partial charge is 0.493 e. The van der Waals surface area contributed by atoms with Gasteiger partial charge in [-0.15, -0.1) is 0 Å². The number of aliphatic carboxylic acids is 1. The number of ether oxygens (including phenoxy) is 2. The van der Waals surface area contributed by atoms with Crippen LogP contribution < -0.4 is 14.8 Å². The highest BCUT2D eigenvalue weighted by Gasteiger charge is 2.32. The molecule has 0 radical (unpaired) electrons. The molecule has 2 atom stereocenters. The Balaban J connectivity index is 2.34. The van der Waals surface area contributed by atoms with E-state index in [-0.39, 0.29) is 6.04 Å². The number of nitrogens with one attached hydrogen (secondary N) is 1. The van der Waals surface area contributed by atoms with Crippen molar-refractivity contribution < 1.29 is 23.8 Å². The zero-order valence-electron chi connectivity index (χ0n) is 10.8. The average Bonchev–Trinajstić information content (AvgIpc) is 2.87. The van der Waals surface area contributed by atoms with Gasteiger partial charge in [-0.25, -0.2) is 4.39 Å². The van der Waals surface area contributed by atoms with Crippen LogP contribution in [0.25, 0.3) is 0 Å². The van der Waals surface area contributed by atoms with E-state index in [1.807, 2.05) is 0 Å². The zero-order chi connectivity index (χ0) is 14.0. The predicted octanol–water partition coefficient (Wildman–Crippen LogP) is 1.58. The van der Waals surface area contributed by atoms with Crippen LogP contribution >= 0.6 is 0 Å². The molecule has 2 rings (SSSR count). The van der Waals surface area contributed by atoms with Crippen molar-refractivity contribution in [2.45, 2.75) is 12.5 Å². The molecule has 1 heterocycles. The smallest absolute Gasteiger partial charge is 0.307 e. The molecule has 2 unspecified atom stereocenters. The van der Waals surface area contributed by atoms with Gasteiger partial charge in [0.05, 0.1) is 20.1 Å². The molecule has 104 valence electrons. The standard InChI is InChI=1S/C13H16FNO4/c1-18-11-5-8(14)4-9(12(11)19-2)10-3-7(6-15-10)13(16)17/h4-5,7,10,15H,3,6H2,1-2H3,(H,16,17). The Labute approximate surface area is 110 Å². The van der Waals surface area contributed by atoms with Crippen LogP contribution in [0.15, 0.2) is 12.1 Å². The van der Waals surface area contributed by atoms with Crippen LogP contribution in [-0.4, -0.2) is 31.8 Å². The lowest BCUT2D eigenvalue weighted by Crippen LogP contribution is -2.17. The Hall–Kier alpha value is -1.82. The van der Waals surface area contributed by atoms with Crippen LogP contribution in [0.2, 0.25) is 0 Å². The van der Waals surface area contributed by atoms with Gasteiger partial charge in [0.2, 0.25) is 0 Å². The number of carbonyl (C=O) groups is 1. The molecule has 0 aliphatic carbocycles. The number of carboxylic acid groups (broad SMARTS) is 1. The zero-order valence-corrected chi connectivity index (χ0v) is 10.8. The summed E-state index contributed by atoms with van der Waals surface area (Å²) >= 11 is 0. The molecule has 1 aliphatic heterocycles. The second kappa shape index (κ2) is 5.44. The highest BCUT2D eigenvalue weighted by Crippen LogP contribution is 2.39. The SMILES string of the molecule is COc1cc(F)cc(C2CC(C(=O)O)CN2)c1OC. The van der Waals surface area contributed by atoms with Crippen molar-refractivity contribution in [2.24, 2.45) is 5.92 Å². The predicted molar refractivity (Wildman–Crippen MR) is 66.0 cm³/mol. The number of carboxylic acids is 1. The van der Waals surface area contributed by atoms with Crippen molar-refractivity contribution in [3.63, 3.8) is 0 Å². The lowest BCUT2D eigenvalue weighted by Gasteiger charge is -2.17. The second-order valence-corrected chi connectivity index (χ2v) is 4.46. The number of hydrogen-bond acceptors (Lipinski definition) is 4. The van der Waals surface area contributed by atoms with Gasteiger partial charge in [0, 0.05) is 24.2 Å². The quantitative estimate of drug-likeness (QED) is 0.868. The molecule has 19 heavy (non-hydrogen) atoms. The van der Waals surface area contributed by atoms with Gasteiger partial charge in [0.1, 0.15) is 5.82 Å². The summed E-state index contributed by atoms with van der Waals surface area (Å²) in [5.74, 6) is -1.01. The third-order valence-corrected chi connectivity index (χ3v) is 3.33. The third-order valence-electron chi connectivity index (χ3n) is 3.33. The highest BCUT2D eigenvalue weighted by atomic mass is 19.1. The van der Waals surface area contributed by atoms with E-state index in [2.05, 4.69) is 5.32 Å². The summed E-state index contributed by atoms with van der Waals surface area (Å²) in [6.45, 7) is 0.363. The first-order valence-electron chi connectivity index (χ1n) is 5.94. The van der Waals surface area contributed by atoms with Crippen molar-refractivity contribution >= 4 is 5.97 Å². The Morgan fingerprint density at radius 3 is 2.68 bits per heavy atom. The molecule has 1 fully saturated rings. The molecule has 6 heteroatoms. The van der Waals surface area contributed by atoms with Gasteiger partial charge in [0.25, 0.3) is 0 Å². The van der Waals surface area contributed by atoms with Gasteiger partial charge in [-0.05, 0) is 12.5 Å². The number of halogens is 1. The minimum Gasteiger partial charge on any atom is -0.493 e. The van der Waals surface area contributed by atoms with Crippen molar-refractivity contribution in [3.8, 4) is 11.5 Å². The lowest BCUT2D eigenvalue weighted by molar-refractivity contribution is -0.141. The maximum Gasteiger partial charge on any atom is 0.307 e. The molecular weight excluding hydrogens is 253 g/mol. The number of benzene rings is 1. The van der Waals surface area contributed by atoms with Crippen molar-refractivity contribution in [1.29, 1.82) is 0 Å². The van der Waals surface area contributed by atoms with Gasteiger partial charge in [-0.1, -0.05) is 0 Å². The Morgan fingerprint density at radius 1 is 1.42 bits per heavy atom. The van der Waals surface area contributed by atoms with Crippen LogP contribution in [-0.2, 0) is 4.79 Å². The van der Waals surface area contributed by atoms with Crippen LogP contribution in [0.5, 0.6) is 11.5 Å². The summed E-state index contributed by atoms with van der Waals surface area (Å²) in [6.07, 6.45) is 0.401. The first-order chi connectivity index (χ1) is 9.06. The van der Waals surface area contributed by atoms with E-state index in [0.29, 0.717) is 30.0 Å². The van der Waals surface area contributed by atoms with E-state index in [0.717, 1.165) is 0 Å². The molecule has 5 nitrogen and oxygen atoms in total. The fraction of sp³-hybridized carbons (Fsp3) is 0.462. The molecule has 2 N–H and O–H groups in total. The second-order valence-electron chi connectivity index (χ2n) is 4.46. The lowest BCUT2D eigenvalue weighted by atomic mass is 9.99. The summed E-state index contributed by atoms with van der Waals surface area (Å²) in [7, 11) is 2.91. The average molecular weight is 269 g/mol. The van der Waals surface area contributed by atoms with Crippen LogP contribution in [0.4, 0.5) is 4.39 Å². The Kier molecular flexibility index (Phi) is 3.90. The summed E-state index contributed by atoms with van der Waals surface area (Å²) in [5, 5.41) is 12.1.